The third-order valence-corrected chi connectivity index (χ3v) is 4.16. The molecule has 1 atom stereocenters. The van der Waals surface area contributed by atoms with Crippen LogP contribution in [0.25, 0.3) is 11.2 Å². The Morgan fingerprint density at radius 3 is 2.81 bits per heavy atom. The third kappa shape index (κ3) is 3.20. The van der Waals surface area contributed by atoms with Gasteiger partial charge >= 0.3 is 5.69 Å². The first kappa shape index (κ1) is 15.8. The lowest BCUT2D eigenvalue weighted by atomic mass is 10.5. The Hall–Kier alpha value is -1.58. The molecule has 0 saturated carbocycles. The van der Waals surface area contributed by atoms with E-state index in [1.807, 2.05) is 0 Å². The lowest BCUT2D eigenvalue weighted by Crippen LogP contribution is -2.29. The highest BCUT2D eigenvalue weighted by molar-refractivity contribution is 7.99. The van der Waals surface area contributed by atoms with E-state index in [0.29, 0.717) is 35.2 Å². The molecule has 2 rings (SSSR count). The first-order valence-corrected chi connectivity index (χ1v) is 7.43. The van der Waals surface area contributed by atoms with Crippen LogP contribution >= 0.6 is 11.8 Å². The van der Waals surface area contributed by atoms with Crippen LogP contribution in [0.4, 0.5) is 0 Å². The maximum atomic E-state index is 12.1. The summed E-state index contributed by atoms with van der Waals surface area (Å²) in [5.41, 5.74) is -0.313. The number of imidazole rings is 1. The van der Waals surface area contributed by atoms with E-state index in [9.17, 15) is 14.7 Å². The van der Waals surface area contributed by atoms with E-state index < -0.39 is 17.4 Å². The summed E-state index contributed by atoms with van der Waals surface area (Å²) in [6.07, 6.45) is -0.493. The second kappa shape index (κ2) is 6.46. The molecule has 2 heterocycles. The number of hydrogen-bond donors (Lipinski definition) is 2. The lowest BCUT2D eigenvalue weighted by molar-refractivity contribution is 0.186. The van der Waals surface area contributed by atoms with Crippen molar-refractivity contribution in [3.63, 3.8) is 0 Å². The van der Waals surface area contributed by atoms with E-state index in [0.717, 1.165) is 0 Å². The number of thioether (sulfide) groups is 1. The Kier molecular flexibility index (Phi) is 4.86. The van der Waals surface area contributed by atoms with Gasteiger partial charge in [-0.3, -0.25) is 14.3 Å². The van der Waals surface area contributed by atoms with Crippen molar-refractivity contribution in [1.29, 1.82) is 0 Å². The molecule has 2 aromatic heterocycles. The number of aryl methyl sites for hydroxylation is 1. The third-order valence-electron chi connectivity index (χ3n) is 2.94. The van der Waals surface area contributed by atoms with Gasteiger partial charge in [-0.05, 0) is 6.92 Å². The summed E-state index contributed by atoms with van der Waals surface area (Å²) in [4.78, 5) is 30.3. The van der Waals surface area contributed by atoms with Gasteiger partial charge in [-0.25, -0.2) is 9.78 Å². The van der Waals surface area contributed by atoms with Crippen molar-refractivity contribution < 1.29 is 9.84 Å². The number of aromatic nitrogens is 4. The number of aliphatic hydroxyl groups is 1. The molecular weight excluding hydrogens is 296 g/mol. The Labute approximate surface area is 124 Å². The van der Waals surface area contributed by atoms with Gasteiger partial charge in [0.25, 0.3) is 5.56 Å². The molecule has 0 aromatic carbocycles. The molecule has 0 amide bonds. The maximum absolute atomic E-state index is 12.1. The van der Waals surface area contributed by atoms with E-state index in [4.69, 9.17) is 4.74 Å². The van der Waals surface area contributed by atoms with Crippen molar-refractivity contribution in [3.8, 4) is 0 Å². The quantitative estimate of drug-likeness (QED) is 0.700. The van der Waals surface area contributed by atoms with Gasteiger partial charge in [-0.15, -0.1) is 0 Å². The lowest BCUT2D eigenvalue weighted by Gasteiger charge is -2.08. The van der Waals surface area contributed by atoms with Crippen LogP contribution in [0.1, 0.15) is 6.92 Å². The SMILES string of the molecule is COCCn1c(SC[C@H](C)O)nc2c1c(=O)[nH]c(=O)n2C. The minimum Gasteiger partial charge on any atom is -0.393 e. The van der Waals surface area contributed by atoms with Crippen LogP contribution in [-0.2, 0) is 18.3 Å². The van der Waals surface area contributed by atoms with Crippen molar-refractivity contribution in [2.75, 3.05) is 19.5 Å². The van der Waals surface area contributed by atoms with E-state index in [1.165, 1.54) is 16.3 Å². The first-order valence-electron chi connectivity index (χ1n) is 6.45. The highest BCUT2D eigenvalue weighted by Gasteiger charge is 2.17. The minimum absolute atomic E-state index is 0.327. The molecule has 9 heteroatoms. The van der Waals surface area contributed by atoms with Crippen molar-refractivity contribution >= 4 is 22.9 Å². The predicted octanol–water partition coefficient (Wildman–Crippen LogP) is -0.457. The summed E-state index contributed by atoms with van der Waals surface area (Å²) >= 11 is 1.33. The second-order valence-electron chi connectivity index (χ2n) is 4.69. The molecule has 2 N–H and O–H groups in total. The number of fused-ring (bicyclic) bond motifs is 1. The molecule has 0 fully saturated rings. The number of hydrogen-bond acceptors (Lipinski definition) is 6. The molecule has 8 nitrogen and oxygen atoms in total. The summed E-state index contributed by atoms with van der Waals surface area (Å²) in [5, 5.41) is 9.98. The van der Waals surface area contributed by atoms with Crippen LogP contribution in [0.2, 0.25) is 0 Å². The summed E-state index contributed by atoms with van der Waals surface area (Å²) in [6.45, 7) is 2.53. The summed E-state index contributed by atoms with van der Waals surface area (Å²) < 4.78 is 8.06. The predicted molar refractivity (Wildman–Crippen MR) is 79.9 cm³/mol. The highest BCUT2D eigenvalue weighted by atomic mass is 32.2. The molecule has 0 saturated heterocycles. The average molecular weight is 314 g/mol. The number of methoxy groups -OCH3 is 1. The summed E-state index contributed by atoms with van der Waals surface area (Å²) in [5.74, 6) is 0.447. The number of nitrogens with zero attached hydrogens (tertiary/aromatic N) is 3. The second-order valence-corrected chi connectivity index (χ2v) is 5.68. The molecule has 21 heavy (non-hydrogen) atoms. The van der Waals surface area contributed by atoms with Crippen LogP contribution in [-0.4, -0.2) is 49.8 Å². The van der Waals surface area contributed by atoms with Crippen LogP contribution in [0.3, 0.4) is 0 Å². The Morgan fingerprint density at radius 2 is 2.19 bits per heavy atom. The van der Waals surface area contributed by atoms with Gasteiger partial charge < -0.3 is 14.4 Å². The van der Waals surface area contributed by atoms with Gasteiger partial charge in [0.1, 0.15) is 0 Å². The van der Waals surface area contributed by atoms with E-state index in [1.54, 1.807) is 25.6 Å². The number of nitrogens with one attached hydrogen (secondary N) is 1. The zero-order valence-corrected chi connectivity index (χ0v) is 12.9. The fourth-order valence-electron chi connectivity index (χ4n) is 1.91. The van der Waals surface area contributed by atoms with Crippen LogP contribution < -0.4 is 11.2 Å². The summed E-state index contributed by atoms with van der Waals surface area (Å²) in [6, 6.07) is 0. The average Bonchev–Trinajstić information content (AvgIpc) is 2.79. The molecule has 0 bridgehead atoms. The summed E-state index contributed by atoms with van der Waals surface area (Å²) in [7, 11) is 3.12. The molecule has 2 aromatic rings. The number of H-pyrrole nitrogens is 1. The smallest absolute Gasteiger partial charge is 0.329 e. The Morgan fingerprint density at radius 1 is 1.48 bits per heavy atom. The zero-order valence-electron chi connectivity index (χ0n) is 12.1. The molecular formula is C12H18N4O4S. The van der Waals surface area contributed by atoms with Crippen molar-refractivity contribution in [1.82, 2.24) is 19.1 Å². The maximum Gasteiger partial charge on any atom is 0.329 e. The Balaban J connectivity index is 2.61. The van der Waals surface area contributed by atoms with E-state index >= 15 is 0 Å². The monoisotopic (exact) mass is 314 g/mol. The molecule has 0 unspecified atom stereocenters. The first-order chi connectivity index (χ1) is 9.95. The normalized spacial score (nSPS) is 13.0. The number of rotatable bonds is 6. The topological polar surface area (TPSA) is 102 Å². The van der Waals surface area contributed by atoms with E-state index in [2.05, 4.69) is 9.97 Å². The van der Waals surface area contributed by atoms with Gasteiger partial charge in [0.15, 0.2) is 16.3 Å². The molecule has 116 valence electrons. The van der Waals surface area contributed by atoms with Crippen LogP contribution in [0, 0.1) is 0 Å². The number of aliphatic hydroxyl groups excluding tert-OH is 1. The largest absolute Gasteiger partial charge is 0.393 e. The fourth-order valence-corrected chi connectivity index (χ4v) is 2.79. The van der Waals surface area contributed by atoms with Crippen LogP contribution in [0.15, 0.2) is 14.7 Å². The number of ether oxygens (including phenoxy) is 1. The molecule has 0 aliphatic rings. The van der Waals surface area contributed by atoms with Crippen molar-refractivity contribution in [3.05, 3.63) is 20.8 Å². The standard InChI is InChI=1S/C12H18N4O4S/c1-7(17)6-21-12-13-9-8(16(12)4-5-20-3)10(18)14-11(19)15(9)2/h7,17H,4-6H2,1-3H3,(H,14,18,19)/t7-/m0/s1. The molecule has 0 radical (unpaired) electrons. The van der Waals surface area contributed by atoms with Gasteiger partial charge in [-0.2, -0.15) is 0 Å². The van der Waals surface area contributed by atoms with Crippen LogP contribution in [0.5, 0.6) is 0 Å². The Bertz CT molecular complexity index is 746. The molecule has 0 spiro atoms. The minimum atomic E-state index is -0.504. The highest BCUT2D eigenvalue weighted by Crippen LogP contribution is 2.22. The van der Waals surface area contributed by atoms with Crippen molar-refractivity contribution in [2.24, 2.45) is 7.05 Å². The van der Waals surface area contributed by atoms with Gasteiger partial charge in [0, 0.05) is 26.5 Å². The molecule has 0 aliphatic heterocycles. The van der Waals surface area contributed by atoms with Gasteiger partial charge in [0.2, 0.25) is 0 Å². The zero-order chi connectivity index (χ0) is 15.6. The van der Waals surface area contributed by atoms with E-state index in [-0.39, 0.29) is 0 Å². The molecule has 0 aliphatic carbocycles. The van der Waals surface area contributed by atoms with Gasteiger partial charge in [-0.1, -0.05) is 11.8 Å². The van der Waals surface area contributed by atoms with Crippen molar-refractivity contribution in [2.45, 2.75) is 24.7 Å². The fraction of sp³-hybridized carbons (Fsp3) is 0.583. The number of aromatic amines is 1. The van der Waals surface area contributed by atoms with Gasteiger partial charge in [0.05, 0.1) is 12.7 Å².